The largest absolute Gasteiger partial charge is 0.198 e. The molecule has 0 N–H and O–H groups in total. The molecule has 0 bridgehead atoms. The van der Waals surface area contributed by atoms with E-state index in [0.29, 0.717) is 6.42 Å². The predicted octanol–water partition coefficient (Wildman–Crippen LogP) is 3.02. The van der Waals surface area contributed by atoms with Gasteiger partial charge < -0.3 is 0 Å². The lowest BCUT2D eigenvalue weighted by Gasteiger charge is -2.12. The minimum absolute atomic E-state index is 0.548. The van der Waals surface area contributed by atoms with Crippen molar-refractivity contribution in [2.45, 2.75) is 26.1 Å². The van der Waals surface area contributed by atoms with Crippen LogP contribution in [0.4, 0.5) is 0 Å². The zero-order valence-electron chi connectivity index (χ0n) is 7.42. The van der Waals surface area contributed by atoms with Crippen molar-refractivity contribution in [2.75, 3.05) is 5.75 Å². The molecule has 0 amide bonds. The van der Waals surface area contributed by atoms with Crippen molar-refractivity contribution in [3.05, 3.63) is 12.2 Å². The molecule has 0 heterocycles. The maximum absolute atomic E-state index is 8.23. The van der Waals surface area contributed by atoms with Crippen molar-refractivity contribution in [1.29, 1.82) is 5.26 Å². The molecular weight excluding hydrogens is 170 g/mol. The lowest BCUT2D eigenvalue weighted by Crippen LogP contribution is -2.13. The highest BCUT2D eigenvalue weighted by Crippen LogP contribution is 2.18. The number of allylic oxidation sites excluding steroid dienone is 1. The zero-order chi connectivity index (χ0) is 8.74. The van der Waals surface area contributed by atoms with E-state index in [1.54, 1.807) is 0 Å². The first-order valence-electron chi connectivity index (χ1n) is 3.72. The average molecular weight is 185 g/mol. The smallest absolute Gasteiger partial charge is 0.108 e. The van der Waals surface area contributed by atoms with Crippen LogP contribution in [0.1, 0.15) is 6.42 Å². The average Bonchev–Trinajstić information content (AvgIpc) is 1.85. The van der Waals surface area contributed by atoms with Gasteiger partial charge in [-0.15, -0.1) is 0 Å². The fourth-order valence-corrected chi connectivity index (χ4v) is 3.02. The summed E-state index contributed by atoms with van der Waals surface area (Å²) in [5.74, 6) is 1.07. The number of nitrogens with zero attached hydrogens (tertiary/aromatic N) is 1. The standard InChI is InChI=1S/C8H15NSSi/c1-11(2,3)10-8-6-4-5-7-9/h4,6H,5,8H2,1-3H3/b6-4+. The first-order chi connectivity index (χ1) is 5.06. The van der Waals surface area contributed by atoms with Crippen molar-refractivity contribution in [1.82, 2.24) is 0 Å². The summed E-state index contributed by atoms with van der Waals surface area (Å²) in [6.07, 6.45) is 4.57. The van der Waals surface area contributed by atoms with E-state index in [-0.39, 0.29) is 0 Å². The van der Waals surface area contributed by atoms with Crippen molar-refractivity contribution in [3.8, 4) is 6.07 Å². The summed E-state index contributed by atoms with van der Waals surface area (Å²) in [7, 11) is -0.935. The molecule has 0 saturated heterocycles. The van der Waals surface area contributed by atoms with Crippen LogP contribution in [0.25, 0.3) is 0 Å². The normalized spacial score (nSPS) is 11.8. The number of hydrogen-bond donors (Lipinski definition) is 0. The van der Waals surface area contributed by atoms with Crippen molar-refractivity contribution in [3.63, 3.8) is 0 Å². The van der Waals surface area contributed by atoms with E-state index in [4.69, 9.17) is 5.26 Å². The first kappa shape index (κ1) is 10.8. The van der Waals surface area contributed by atoms with Gasteiger partial charge in [0.05, 0.1) is 12.5 Å². The fourth-order valence-electron chi connectivity index (χ4n) is 0.502. The highest BCUT2D eigenvalue weighted by Gasteiger charge is 2.11. The molecule has 0 saturated carbocycles. The molecule has 62 valence electrons. The van der Waals surface area contributed by atoms with Crippen molar-refractivity contribution in [2.24, 2.45) is 0 Å². The maximum Gasteiger partial charge on any atom is 0.108 e. The molecule has 0 aromatic rings. The molecule has 1 nitrogen and oxygen atoms in total. The summed E-state index contributed by atoms with van der Waals surface area (Å²) >= 11 is 2.03. The minimum atomic E-state index is -0.935. The van der Waals surface area contributed by atoms with Crippen LogP contribution in [0.2, 0.25) is 19.6 Å². The number of nitriles is 1. The fraction of sp³-hybridized carbons (Fsp3) is 0.625. The van der Waals surface area contributed by atoms with Gasteiger partial charge in [0.2, 0.25) is 0 Å². The van der Waals surface area contributed by atoms with E-state index in [2.05, 4.69) is 31.8 Å². The van der Waals surface area contributed by atoms with Gasteiger partial charge >= 0.3 is 0 Å². The van der Waals surface area contributed by atoms with Crippen LogP contribution >= 0.6 is 11.2 Å². The summed E-state index contributed by atoms with van der Waals surface area (Å²) in [5.41, 5.74) is 0. The number of hydrogen-bond acceptors (Lipinski definition) is 2. The van der Waals surface area contributed by atoms with Gasteiger partial charge in [0, 0.05) is 5.75 Å². The van der Waals surface area contributed by atoms with Gasteiger partial charge in [-0.25, -0.2) is 0 Å². The monoisotopic (exact) mass is 185 g/mol. The summed E-state index contributed by atoms with van der Waals surface area (Å²) in [6, 6.07) is 2.08. The van der Waals surface area contributed by atoms with Crippen LogP contribution in [0.5, 0.6) is 0 Å². The molecule has 0 fully saturated rings. The third-order valence-corrected chi connectivity index (χ3v) is 5.31. The quantitative estimate of drug-likeness (QED) is 0.496. The van der Waals surface area contributed by atoms with E-state index in [9.17, 15) is 0 Å². The molecule has 0 aromatic carbocycles. The van der Waals surface area contributed by atoms with Gasteiger partial charge in [-0.05, 0) is 0 Å². The number of rotatable bonds is 4. The van der Waals surface area contributed by atoms with Crippen LogP contribution < -0.4 is 0 Å². The SMILES string of the molecule is C[Si](C)(C)SC/C=C/CC#N. The van der Waals surface area contributed by atoms with Gasteiger partial charge in [-0.3, -0.25) is 0 Å². The van der Waals surface area contributed by atoms with Gasteiger partial charge in [-0.1, -0.05) is 31.8 Å². The second-order valence-electron chi connectivity index (χ2n) is 3.26. The Morgan fingerprint density at radius 2 is 2.00 bits per heavy atom. The Morgan fingerprint density at radius 3 is 2.45 bits per heavy atom. The van der Waals surface area contributed by atoms with Gasteiger partial charge in [0.25, 0.3) is 0 Å². The molecule has 0 spiro atoms. The molecule has 3 heteroatoms. The Balaban J connectivity index is 3.36. The van der Waals surface area contributed by atoms with Crippen LogP contribution in [0, 0.1) is 11.3 Å². The summed E-state index contributed by atoms with van der Waals surface area (Å²) in [6.45, 7) is 6.99. The summed E-state index contributed by atoms with van der Waals surface area (Å²) < 4.78 is 0. The van der Waals surface area contributed by atoms with Gasteiger partial charge in [0.1, 0.15) is 7.22 Å². The van der Waals surface area contributed by atoms with Crippen LogP contribution in [-0.4, -0.2) is 13.0 Å². The molecular formula is C8H15NSSi. The van der Waals surface area contributed by atoms with Crippen LogP contribution in [0.3, 0.4) is 0 Å². The van der Waals surface area contributed by atoms with E-state index < -0.39 is 7.22 Å². The Morgan fingerprint density at radius 1 is 1.36 bits per heavy atom. The van der Waals surface area contributed by atoms with E-state index in [1.807, 2.05) is 17.3 Å². The van der Waals surface area contributed by atoms with Crippen LogP contribution in [-0.2, 0) is 0 Å². The molecule has 11 heavy (non-hydrogen) atoms. The Hall–Kier alpha value is -0.203. The molecule has 0 unspecified atom stereocenters. The van der Waals surface area contributed by atoms with E-state index in [0.717, 1.165) is 5.75 Å². The highest BCUT2D eigenvalue weighted by atomic mass is 32.4. The summed E-state index contributed by atoms with van der Waals surface area (Å²) in [4.78, 5) is 0. The highest BCUT2D eigenvalue weighted by molar-refractivity contribution is 8.28. The topological polar surface area (TPSA) is 23.8 Å². The van der Waals surface area contributed by atoms with Gasteiger partial charge in [0.15, 0.2) is 0 Å². The molecule has 0 aliphatic heterocycles. The van der Waals surface area contributed by atoms with E-state index >= 15 is 0 Å². The predicted molar refractivity (Wildman–Crippen MR) is 55.2 cm³/mol. The summed E-state index contributed by atoms with van der Waals surface area (Å²) in [5, 5.41) is 8.23. The molecule has 0 atom stereocenters. The Kier molecular flexibility index (Phi) is 5.35. The zero-order valence-corrected chi connectivity index (χ0v) is 9.24. The Labute approximate surface area is 74.1 Å². The Bertz CT molecular complexity index is 164. The minimum Gasteiger partial charge on any atom is -0.198 e. The third-order valence-electron chi connectivity index (χ3n) is 0.988. The maximum atomic E-state index is 8.23. The van der Waals surface area contributed by atoms with Crippen molar-refractivity contribution < 1.29 is 0 Å². The lowest BCUT2D eigenvalue weighted by atomic mass is 10.4. The van der Waals surface area contributed by atoms with Gasteiger partial charge in [-0.2, -0.15) is 16.5 Å². The second kappa shape index (κ2) is 5.45. The molecule has 0 aliphatic rings. The third kappa shape index (κ3) is 9.80. The molecule has 0 radical (unpaired) electrons. The van der Waals surface area contributed by atoms with Crippen LogP contribution in [0.15, 0.2) is 12.2 Å². The molecule has 0 rings (SSSR count). The van der Waals surface area contributed by atoms with E-state index in [1.165, 1.54) is 0 Å². The first-order valence-corrected chi connectivity index (χ1v) is 8.93. The molecule has 0 aromatic heterocycles. The second-order valence-corrected chi connectivity index (χ2v) is 12.6. The van der Waals surface area contributed by atoms with Crippen molar-refractivity contribution >= 4 is 18.4 Å². The molecule has 0 aliphatic carbocycles. The lowest BCUT2D eigenvalue weighted by molar-refractivity contribution is 1.35.